The number of amides is 2. The molecule has 0 spiro atoms. The molecule has 106 valence electrons. The summed E-state index contributed by atoms with van der Waals surface area (Å²) in [6.45, 7) is 2.56. The molecule has 2 amide bonds. The van der Waals surface area contributed by atoms with Crippen LogP contribution in [0.3, 0.4) is 0 Å². The van der Waals surface area contributed by atoms with Crippen molar-refractivity contribution in [2.24, 2.45) is 13.0 Å². The molecule has 0 fully saturated rings. The van der Waals surface area contributed by atoms with Gasteiger partial charge in [0.2, 0.25) is 0 Å². The normalized spacial score (nSPS) is 11.9. The van der Waals surface area contributed by atoms with Gasteiger partial charge >= 0.3 is 12.0 Å². The number of nitrogens with zero attached hydrogens (tertiary/aromatic N) is 3. The monoisotopic (exact) mass is 269 g/mol. The van der Waals surface area contributed by atoms with Crippen molar-refractivity contribution in [2.75, 3.05) is 13.1 Å². The standard InChI is InChI=1S/C11H19N5O3/c1-8(5-10(17)18)6-13-11(19)12-4-3-9-15-14-7-16(9)2/h7-8H,3-6H2,1-2H3,(H,17,18)(H2,12,13,19). The zero-order chi connectivity index (χ0) is 14.3. The SMILES string of the molecule is CC(CNC(=O)NCCc1nncn1C)CC(=O)O. The number of carbonyl (C=O) groups is 2. The van der Waals surface area contributed by atoms with Gasteiger partial charge in [-0.1, -0.05) is 6.92 Å². The number of hydrogen-bond donors (Lipinski definition) is 3. The number of carbonyl (C=O) groups excluding carboxylic acids is 1. The van der Waals surface area contributed by atoms with Gasteiger partial charge in [-0.2, -0.15) is 0 Å². The predicted molar refractivity (Wildman–Crippen MR) is 67.5 cm³/mol. The maximum atomic E-state index is 11.4. The van der Waals surface area contributed by atoms with Crippen molar-refractivity contribution >= 4 is 12.0 Å². The molecule has 0 aromatic carbocycles. The molecule has 1 heterocycles. The van der Waals surface area contributed by atoms with Crippen molar-refractivity contribution in [3.63, 3.8) is 0 Å². The van der Waals surface area contributed by atoms with E-state index in [4.69, 9.17) is 5.11 Å². The zero-order valence-corrected chi connectivity index (χ0v) is 11.1. The van der Waals surface area contributed by atoms with Crippen LogP contribution in [0.4, 0.5) is 4.79 Å². The molecule has 1 unspecified atom stereocenters. The third-order valence-electron chi connectivity index (χ3n) is 2.57. The lowest BCUT2D eigenvalue weighted by molar-refractivity contribution is -0.137. The van der Waals surface area contributed by atoms with Gasteiger partial charge in [0.25, 0.3) is 0 Å². The Morgan fingerprint density at radius 3 is 2.79 bits per heavy atom. The van der Waals surface area contributed by atoms with Gasteiger partial charge in [-0.15, -0.1) is 10.2 Å². The largest absolute Gasteiger partial charge is 0.481 e. The first-order valence-electron chi connectivity index (χ1n) is 6.05. The lowest BCUT2D eigenvalue weighted by Gasteiger charge is -2.11. The summed E-state index contributed by atoms with van der Waals surface area (Å²) in [5.74, 6) is -0.168. The van der Waals surface area contributed by atoms with Crippen molar-refractivity contribution in [3.05, 3.63) is 12.2 Å². The van der Waals surface area contributed by atoms with Crippen LogP contribution in [0.25, 0.3) is 0 Å². The summed E-state index contributed by atoms with van der Waals surface area (Å²) in [5, 5.41) is 21.5. The van der Waals surface area contributed by atoms with Crippen LogP contribution in [-0.2, 0) is 18.3 Å². The van der Waals surface area contributed by atoms with Crippen LogP contribution >= 0.6 is 0 Å². The fraction of sp³-hybridized carbons (Fsp3) is 0.636. The second-order valence-electron chi connectivity index (χ2n) is 4.45. The smallest absolute Gasteiger partial charge is 0.314 e. The third-order valence-corrected chi connectivity index (χ3v) is 2.57. The number of aliphatic carboxylic acids is 1. The molecular formula is C11H19N5O3. The summed E-state index contributed by atoms with van der Waals surface area (Å²) in [6, 6.07) is -0.306. The van der Waals surface area contributed by atoms with E-state index in [1.54, 1.807) is 17.8 Å². The molecule has 8 heteroatoms. The van der Waals surface area contributed by atoms with Crippen molar-refractivity contribution in [2.45, 2.75) is 19.8 Å². The Bertz CT molecular complexity index is 432. The second-order valence-corrected chi connectivity index (χ2v) is 4.45. The predicted octanol–water partition coefficient (Wildman–Crippen LogP) is -0.232. The molecule has 0 aliphatic heterocycles. The van der Waals surface area contributed by atoms with Crippen LogP contribution in [0.15, 0.2) is 6.33 Å². The quantitative estimate of drug-likeness (QED) is 0.633. The first-order valence-corrected chi connectivity index (χ1v) is 6.05. The minimum Gasteiger partial charge on any atom is -0.481 e. The lowest BCUT2D eigenvalue weighted by Crippen LogP contribution is -2.39. The number of aryl methyl sites for hydroxylation is 1. The molecule has 0 bridgehead atoms. The average molecular weight is 269 g/mol. The molecule has 0 radical (unpaired) electrons. The van der Waals surface area contributed by atoms with Crippen molar-refractivity contribution in [3.8, 4) is 0 Å². The fourth-order valence-electron chi connectivity index (χ4n) is 1.52. The van der Waals surface area contributed by atoms with E-state index in [9.17, 15) is 9.59 Å². The van der Waals surface area contributed by atoms with Crippen molar-refractivity contribution in [1.82, 2.24) is 25.4 Å². The van der Waals surface area contributed by atoms with Crippen molar-refractivity contribution in [1.29, 1.82) is 0 Å². The molecule has 1 aromatic rings. The zero-order valence-electron chi connectivity index (χ0n) is 11.1. The molecule has 1 atom stereocenters. The summed E-state index contributed by atoms with van der Waals surface area (Å²) < 4.78 is 1.79. The lowest BCUT2D eigenvalue weighted by atomic mass is 10.1. The molecule has 19 heavy (non-hydrogen) atoms. The highest BCUT2D eigenvalue weighted by atomic mass is 16.4. The number of carboxylic acids is 1. The Kier molecular flexibility index (Phi) is 5.77. The van der Waals surface area contributed by atoms with E-state index in [2.05, 4.69) is 20.8 Å². The molecule has 0 saturated heterocycles. The number of nitrogens with one attached hydrogen (secondary N) is 2. The average Bonchev–Trinajstić information content (AvgIpc) is 2.72. The van der Waals surface area contributed by atoms with Gasteiger partial charge in [-0.05, 0) is 5.92 Å². The van der Waals surface area contributed by atoms with Crippen molar-refractivity contribution < 1.29 is 14.7 Å². The number of aromatic nitrogens is 3. The minimum atomic E-state index is -0.864. The van der Waals surface area contributed by atoms with Crippen LogP contribution in [0, 0.1) is 5.92 Å². The van der Waals surface area contributed by atoms with Crippen LogP contribution in [0.1, 0.15) is 19.2 Å². The van der Waals surface area contributed by atoms with Crippen LogP contribution in [0.2, 0.25) is 0 Å². The summed E-state index contributed by atoms with van der Waals surface area (Å²) in [4.78, 5) is 21.9. The van der Waals surface area contributed by atoms with Gasteiger partial charge in [-0.25, -0.2) is 4.79 Å². The Labute approximate surface area is 111 Å². The fourth-order valence-corrected chi connectivity index (χ4v) is 1.52. The van der Waals surface area contributed by atoms with Crippen LogP contribution in [0.5, 0.6) is 0 Å². The second kappa shape index (κ2) is 7.34. The number of carboxylic acid groups (broad SMARTS) is 1. The Balaban J connectivity index is 2.14. The maximum absolute atomic E-state index is 11.4. The first-order chi connectivity index (χ1) is 8.99. The molecule has 1 rings (SSSR count). The number of rotatable bonds is 7. The summed E-state index contributed by atoms with van der Waals surface area (Å²) in [6.07, 6.45) is 2.23. The topological polar surface area (TPSA) is 109 Å². The first kappa shape index (κ1) is 14.9. The minimum absolute atomic E-state index is 0.0409. The van der Waals surface area contributed by atoms with E-state index in [-0.39, 0.29) is 18.4 Å². The molecule has 8 nitrogen and oxygen atoms in total. The summed E-state index contributed by atoms with van der Waals surface area (Å²) in [7, 11) is 1.84. The van der Waals surface area contributed by atoms with Crippen LogP contribution < -0.4 is 10.6 Å². The van der Waals surface area contributed by atoms with E-state index < -0.39 is 5.97 Å². The highest BCUT2D eigenvalue weighted by Crippen LogP contribution is 1.98. The van der Waals surface area contributed by atoms with Gasteiger partial charge in [0, 0.05) is 33.0 Å². The molecular weight excluding hydrogens is 250 g/mol. The molecule has 1 aromatic heterocycles. The Hall–Kier alpha value is -2.12. The van der Waals surface area contributed by atoms with Gasteiger partial charge < -0.3 is 20.3 Å². The van der Waals surface area contributed by atoms with Gasteiger partial charge in [0.15, 0.2) is 0 Å². The van der Waals surface area contributed by atoms with Gasteiger partial charge in [-0.3, -0.25) is 4.79 Å². The molecule has 3 N–H and O–H groups in total. The summed E-state index contributed by atoms with van der Waals surface area (Å²) >= 11 is 0. The van der Waals surface area contributed by atoms with E-state index in [1.165, 1.54) is 0 Å². The molecule has 0 aliphatic carbocycles. The van der Waals surface area contributed by atoms with E-state index in [0.717, 1.165) is 5.82 Å². The maximum Gasteiger partial charge on any atom is 0.314 e. The summed E-state index contributed by atoms with van der Waals surface area (Å²) in [5.41, 5.74) is 0. The Morgan fingerprint density at radius 2 is 2.21 bits per heavy atom. The molecule has 0 saturated carbocycles. The van der Waals surface area contributed by atoms with E-state index >= 15 is 0 Å². The molecule has 0 aliphatic rings. The number of hydrogen-bond acceptors (Lipinski definition) is 4. The number of urea groups is 1. The van der Waals surface area contributed by atoms with Crippen LogP contribution in [-0.4, -0.2) is 45.0 Å². The van der Waals surface area contributed by atoms with Gasteiger partial charge in [0.05, 0.1) is 0 Å². The third kappa shape index (κ3) is 5.84. The Morgan fingerprint density at radius 1 is 1.47 bits per heavy atom. The van der Waals surface area contributed by atoms with E-state index in [0.29, 0.717) is 19.5 Å². The highest BCUT2D eigenvalue weighted by Gasteiger charge is 2.09. The van der Waals surface area contributed by atoms with Gasteiger partial charge in [0.1, 0.15) is 12.2 Å². The van der Waals surface area contributed by atoms with E-state index in [1.807, 2.05) is 7.05 Å². The highest BCUT2D eigenvalue weighted by molar-refractivity contribution is 5.74.